The van der Waals surface area contributed by atoms with Crippen molar-refractivity contribution in [2.45, 2.75) is 6.61 Å². The molecular weight excluding hydrogens is 320 g/mol. The first-order valence-electron chi connectivity index (χ1n) is 7.92. The van der Waals surface area contributed by atoms with Gasteiger partial charge in [-0.05, 0) is 28.8 Å². The molecule has 0 N–H and O–H groups in total. The van der Waals surface area contributed by atoms with E-state index in [9.17, 15) is 0 Å². The Morgan fingerprint density at radius 3 is 2.12 bits per heavy atom. The maximum Gasteiger partial charge on any atom is 0.138 e. The molecule has 2 nitrogen and oxygen atoms in total. The van der Waals surface area contributed by atoms with Crippen LogP contribution in [0.3, 0.4) is 0 Å². The van der Waals surface area contributed by atoms with Gasteiger partial charge in [-0.3, -0.25) is 0 Å². The SMILES string of the molecule is Clc1cc(-c2ccccc2)ccc1OCCOCc1ccccc1. The molecule has 0 bridgehead atoms. The van der Waals surface area contributed by atoms with E-state index >= 15 is 0 Å². The zero-order chi connectivity index (χ0) is 16.6. The lowest BCUT2D eigenvalue weighted by Gasteiger charge is -2.10. The molecule has 0 fully saturated rings. The van der Waals surface area contributed by atoms with Gasteiger partial charge in [-0.1, -0.05) is 78.3 Å². The Morgan fingerprint density at radius 1 is 0.708 bits per heavy atom. The Kier molecular flexibility index (Phi) is 5.89. The molecule has 0 amide bonds. The smallest absolute Gasteiger partial charge is 0.138 e. The van der Waals surface area contributed by atoms with Crippen LogP contribution < -0.4 is 4.74 Å². The summed E-state index contributed by atoms with van der Waals surface area (Å²) in [7, 11) is 0. The predicted molar refractivity (Wildman–Crippen MR) is 98.5 cm³/mol. The van der Waals surface area contributed by atoms with Crippen LogP contribution in [0.25, 0.3) is 11.1 Å². The van der Waals surface area contributed by atoms with Crippen molar-refractivity contribution in [3.05, 3.63) is 89.4 Å². The molecule has 0 aliphatic heterocycles. The highest BCUT2D eigenvalue weighted by Crippen LogP contribution is 2.30. The third-order valence-corrected chi connectivity index (χ3v) is 3.93. The van der Waals surface area contributed by atoms with Gasteiger partial charge in [0.1, 0.15) is 12.4 Å². The Morgan fingerprint density at radius 2 is 1.42 bits per heavy atom. The molecule has 0 aliphatic carbocycles. The second-order valence-corrected chi connectivity index (χ2v) is 5.81. The molecule has 0 radical (unpaired) electrons. The van der Waals surface area contributed by atoms with E-state index in [-0.39, 0.29) is 0 Å². The van der Waals surface area contributed by atoms with Crippen molar-refractivity contribution in [1.29, 1.82) is 0 Å². The third-order valence-electron chi connectivity index (χ3n) is 3.64. The second kappa shape index (κ2) is 8.53. The summed E-state index contributed by atoms with van der Waals surface area (Å²) in [6.45, 7) is 1.58. The number of ether oxygens (including phenoxy) is 2. The molecule has 0 saturated carbocycles. The molecule has 0 heterocycles. The molecular formula is C21H19ClO2. The summed E-state index contributed by atoms with van der Waals surface area (Å²) in [6.07, 6.45) is 0. The van der Waals surface area contributed by atoms with Crippen molar-refractivity contribution in [3.8, 4) is 16.9 Å². The van der Waals surface area contributed by atoms with E-state index in [0.717, 1.165) is 16.7 Å². The first kappa shape index (κ1) is 16.6. The lowest BCUT2D eigenvalue weighted by atomic mass is 10.1. The predicted octanol–water partition coefficient (Wildman–Crippen LogP) is 5.60. The second-order valence-electron chi connectivity index (χ2n) is 5.40. The van der Waals surface area contributed by atoms with E-state index < -0.39 is 0 Å². The Hall–Kier alpha value is -2.29. The van der Waals surface area contributed by atoms with Gasteiger partial charge in [0, 0.05) is 0 Å². The van der Waals surface area contributed by atoms with Gasteiger partial charge >= 0.3 is 0 Å². The molecule has 3 rings (SSSR count). The van der Waals surface area contributed by atoms with Gasteiger partial charge in [0.05, 0.1) is 18.2 Å². The van der Waals surface area contributed by atoms with Gasteiger partial charge in [-0.25, -0.2) is 0 Å². The fourth-order valence-electron chi connectivity index (χ4n) is 2.40. The first-order valence-corrected chi connectivity index (χ1v) is 8.30. The highest BCUT2D eigenvalue weighted by molar-refractivity contribution is 6.32. The topological polar surface area (TPSA) is 18.5 Å². The molecule has 122 valence electrons. The van der Waals surface area contributed by atoms with Crippen molar-refractivity contribution in [3.63, 3.8) is 0 Å². The summed E-state index contributed by atoms with van der Waals surface area (Å²) in [5.74, 6) is 0.680. The number of hydrogen-bond acceptors (Lipinski definition) is 2. The summed E-state index contributed by atoms with van der Waals surface area (Å²) in [5, 5.41) is 0.611. The van der Waals surface area contributed by atoms with Crippen LogP contribution in [0, 0.1) is 0 Å². The average Bonchev–Trinajstić information content (AvgIpc) is 2.64. The van der Waals surface area contributed by atoms with Crippen LogP contribution in [0.15, 0.2) is 78.9 Å². The van der Waals surface area contributed by atoms with E-state index in [2.05, 4.69) is 12.1 Å². The van der Waals surface area contributed by atoms with E-state index in [4.69, 9.17) is 21.1 Å². The molecule has 0 atom stereocenters. The third kappa shape index (κ3) is 4.60. The van der Waals surface area contributed by atoms with Crippen LogP contribution in [0.2, 0.25) is 5.02 Å². The van der Waals surface area contributed by atoms with Crippen molar-refractivity contribution >= 4 is 11.6 Å². The van der Waals surface area contributed by atoms with Gasteiger partial charge in [-0.15, -0.1) is 0 Å². The quantitative estimate of drug-likeness (QED) is 0.522. The van der Waals surface area contributed by atoms with Crippen LogP contribution >= 0.6 is 11.6 Å². The molecule has 3 aromatic rings. The molecule has 3 aromatic carbocycles. The fraction of sp³-hybridized carbons (Fsp3) is 0.143. The van der Waals surface area contributed by atoms with E-state index in [1.165, 1.54) is 0 Å². The average molecular weight is 339 g/mol. The van der Waals surface area contributed by atoms with Crippen molar-refractivity contribution < 1.29 is 9.47 Å². The largest absolute Gasteiger partial charge is 0.490 e. The molecule has 0 spiro atoms. The zero-order valence-corrected chi connectivity index (χ0v) is 14.1. The zero-order valence-electron chi connectivity index (χ0n) is 13.3. The first-order chi connectivity index (χ1) is 11.8. The number of hydrogen-bond donors (Lipinski definition) is 0. The van der Waals surface area contributed by atoms with E-state index in [1.807, 2.05) is 66.7 Å². The summed E-state index contributed by atoms with van der Waals surface area (Å²) in [6, 6.07) is 26.1. The molecule has 0 saturated heterocycles. The van der Waals surface area contributed by atoms with Crippen molar-refractivity contribution in [1.82, 2.24) is 0 Å². The minimum absolute atomic E-state index is 0.469. The van der Waals surface area contributed by atoms with Crippen molar-refractivity contribution in [2.24, 2.45) is 0 Å². The fourth-order valence-corrected chi connectivity index (χ4v) is 2.64. The van der Waals surface area contributed by atoms with Crippen LogP contribution in [-0.2, 0) is 11.3 Å². The standard InChI is InChI=1S/C21H19ClO2/c22-20-15-19(18-9-5-2-6-10-18)11-12-21(20)24-14-13-23-16-17-7-3-1-4-8-17/h1-12,15H,13-14,16H2. The van der Waals surface area contributed by atoms with Crippen LogP contribution in [-0.4, -0.2) is 13.2 Å². The van der Waals surface area contributed by atoms with Crippen LogP contribution in [0.5, 0.6) is 5.75 Å². The van der Waals surface area contributed by atoms with Crippen molar-refractivity contribution in [2.75, 3.05) is 13.2 Å². The number of benzene rings is 3. The lowest BCUT2D eigenvalue weighted by molar-refractivity contribution is 0.0889. The normalized spacial score (nSPS) is 10.5. The van der Waals surface area contributed by atoms with Gasteiger partial charge in [-0.2, -0.15) is 0 Å². The minimum atomic E-state index is 0.469. The Bertz CT molecular complexity index is 757. The lowest BCUT2D eigenvalue weighted by Crippen LogP contribution is -2.07. The maximum absolute atomic E-state index is 6.32. The highest BCUT2D eigenvalue weighted by atomic mass is 35.5. The monoisotopic (exact) mass is 338 g/mol. The summed E-state index contributed by atoms with van der Waals surface area (Å²) in [4.78, 5) is 0. The molecule has 24 heavy (non-hydrogen) atoms. The Labute approximate surface area is 147 Å². The number of halogens is 1. The summed E-state index contributed by atoms with van der Waals surface area (Å²) < 4.78 is 11.3. The maximum atomic E-state index is 6.32. The van der Waals surface area contributed by atoms with Gasteiger partial charge in [0.25, 0.3) is 0 Å². The number of rotatable bonds is 7. The molecule has 3 heteroatoms. The van der Waals surface area contributed by atoms with Crippen LogP contribution in [0.1, 0.15) is 5.56 Å². The highest BCUT2D eigenvalue weighted by Gasteiger charge is 2.04. The van der Waals surface area contributed by atoms with Crippen LogP contribution in [0.4, 0.5) is 0 Å². The minimum Gasteiger partial charge on any atom is -0.490 e. The van der Waals surface area contributed by atoms with Gasteiger partial charge in [0.2, 0.25) is 0 Å². The summed E-state index contributed by atoms with van der Waals surface area (Å²) in [5.41, 5.74) is 3.37. The van der Waals surface area contributed by atoms with E-state index in [1.54, 1.807) is 0 Å². The Balaban J connectivity index is 1.49. The molecule has 0 aliphatic rings. The van der Waals surface area contributed by atoms with Gasteiger partial charge in [0.15, 0.2) is 0 Å². The van der Waals surface area contributed by atoms with Gasteiger partial charge < -0.3 is 9.47 Å². The summed E-state index contributed by atoms with van der Waals surface area (Å²) >= 11 is 6.32. The molecule has 0 unspecified atom stereocenters. The van der Waals surface area contributed by atoms with E-state index in [0.29, 0.717) is 30.6 Å². The molecule has 0 aromatic heterocycles.